The maximum Gasteiger partial charge on any atom is 0.338 e. The smallest absolute Gasteiger partial charge is 0.338 e. The fourth-order valence-electron chi connectivity index (χ4n) is 4.02. The topological polar surface area (TPSA) is 88.2 Å². The summed E-state index contributed by atoms with van der Waals surface area (Å²) in [6, 6.07) is 6.14. The van der Waals surface area contributed by atoms with E-state index in [0.29, 0.717) is 36.0 Å². The van der Waals surface area contributed by atoms with Crippen LogP contribution in [0.5, 0.6) is 5.75 Å². The number of cyclic esters (lactones) is 1. The molecule has 8 heteroatoms. The van der Waals surface area contributed by atoms with E-state index in [9.17, 15) is 14.4 Å². The highest BCUT2D eigenvalue weighted by atomic mass is 16.5. The number of nitrogens with zero attached hydrogens (tertiary/aromatic N) is 2. The van der Waals surface area contributed by atoms with Gasteiger partial charge in [0.05, 0.1) is 24.4 Å². The molecular formula is C21H25N3O5. The molecule has 1 fully saturated rings. The van der Waals surface area contributed by atoms with Crippen molar-refractivity contribution in [2.45, 2.75) is 25.8 Å². The van der Waals surface area contributed by atoms with Gasteiger partial charge in [-0.1, -0.05) is 19.1 Å². The summed E-state index contributed by atoms with van der Waals surface area (Å²) in [6.07, 6.45) is 1.93. The lowest BCUT2D eigenvalue weighted by Gasteiger charge is -2.35. The normalized spacial score (nSPS) is 22.3. The Hall–Kier alpha value is -3.03. The average Bonchev–Trinajstić information content (AvgIpc) is 3.12. The fraction of sp³-hybridized carbons (Fsp3) is 0.476. The molecule has 3 aliphatic rings. The number of urea groups is 1. The maximum absolute atomic E-state index is 12.8. The SMILES string of the molecule is COc1ccc([C@H]2NC(=O)N(CC(=O)N3CCC(C)CC3)C3=C2C(=O)OC3)cc1. The molecule has 3 amide bonds. The molecule has 154 valence electrons. The lowest BCUT2D eigenvalue weighted by Crippen LogP contribution is -2.51. The van der Waals surface area contributed by atoms with Crippen LogP contribution in [-0.2, 0) is 14.3 Å². The van der Waals surface area contributed by atoms with E-state index in [2.05, 4.69) is 12.2 Å². The molecule has 1 aromatic carbocycles. The van der Waals surface area contributed by atoms with Gasteiger partial charge in [-0.15, -0.1) is 0 Å². The maximum atomic E-state index is 12.8. The minimum Gasteiger partial charge on any atom is -0.497 e. The summed E-state index contributed by atoms with van der Waals surface area (Å²) in [4.78, 5) is 41.1. The molecule has 3 heterocycles. The van der Waals surface area contributed by atoms with Gasteiger partial charge in [0, 0.05) is 13.1 Å². The summed E-state index contributed by atoms with van der Waals surface area (Å²) in [5, 5.41) is 2.85. The average molecular weight is 399 g/mol. The van der Waals surface area contributed by atoms with E-state index in [0.717, 1.165) is 18.4 Å². The number of esters is 1. The van der Waals surface area contributed by atoms with Crippen LogP contribution in [0.3, 0.4) is 0 Å². The molecule has 0 saturated carbocycles. The van der Waals surface area contributed by atoms with Crippen molar-refractivity contribution in [2.24, 2.45) is 5.92 Å². The van der Waals surface area contributed by atoms with Gasteiger partial charge >= 0.3 is 12.0 Å². The van der Waals surface area contributed by atoms with Gasteiger partial charge in [-0.3, -0.25) is 9.69 Å². The Labute approximate surface area is 169 Å². The highest BCUT2D eigenvalue weighted by molar-refractivity contribution is 5.98. The third-order valence-corrected chi connectivity index (χ3v) is 5.88. The Bertz CT molecular complexity index is 856. The minimum absolute atomic E-state index is 0.00143. The van der Waals surface area contributed by atoms with Crippen molar-refractivity contribution < 1.29 is 23.9 Å². The molecule has 3 aliphatic heterocycles. The second-order valence-electron chi connectivity index (χ2n) is 7.74. The first-order valence-electron chi connectivity index (χ1n) is 9.88. The fourth-order valence-corrected chi connectivity index (χ4v) is 4.02. The Morgan fingerprint density at radius 1 is 1.21 bits per heavy atom. The number of nitrogens with one attached hydrogen (secondary N) is 1. The largest absolute Gasteiger partial charge is 0.497 e. The van der Waals surface area contributed by atoms with Crippen molar-refractivity contribution in [3.8, 4) is 5.75 Å². The van der Waals surface area contributed by atoms with Gasteiger partial charge in [0.2, 0.25) is 5.91 Å². The molecule has 1 aromatic rings. The standard InChI is InChI=1S/C21H25N3O5/c1-13-7-9-23(10-8-13)17(25)11-24-16-12-29-20(26)18(16)19(22-21(24)27)14-3-5-15(28-2)6-4-14/h3-6,13,19H,7-12H2,1-2H3,(H,22,27)/t19-/m1/s1. The third-order valence-electron chi connectivity index (χ3n) is 5.88. The number of likely N-dealkylation sites (tertiary alicyclic amines) is 1. The third kappa shape index (κ3) is 3.66. The first-order valence-corrected chi connectivity index (χ1v) is 9.88. The molecule has 0 spiro atoms. The molecular weight excluding hydrogens is 374 g/mol. The number of benzene rings is 1. The number of amides is 3. The molecule has 0 bridgehead atoms. The van der Waals surface area contributed by atoms with Crippen molar-refractivity contribution in [3.05, 3.63) is 41.1 Å². The van der Waals surface area contributed by atoms with Crippen LogP contribution in [0.25, 0.3) is 0 Å². The molecule has 0 aromatic heterocycles. The first kappa shape index (κ1) is 19.3. The van der Waals surface area contributed by atoms with Crippen LogP contribution in [0.4, 0.5) is 4.79 Å². The molecule has 29 heavy (non-hydrogen) atoms. The quantitative estimate of drug-likeness (QED) is 0.781. The first-order chi connectivity index (χ1) is 14.0. The van der Waals surface area contributed by atoms with Crippen LogP contribution in [0.15, 0.2) is 35.5 Å². The highest BCUT2D eigenvalue weighted by Crippen LogP contribution is 2.35. The predicted molar refractivity (Wildman–Crippen MR) is 104 cm³/mol. The van der Waals surface area contributed by atoms with Gasteiger partial charge in [-0.25, -0.2) is 9.59 Å². The number of rotatable bonds is 4. The van der Waals surface area contributed by atoms with Crippen LogP contribution in [0, 0.1) is 5.92 Å². The molecule has 0 radical (unpaired) electrons. The zero-order chi connectivity index (χ0) is 20.5. The monoisotopic (exact) mass is 399 g/mol. The summed E-state index contributed by atoms with van der Waals surface area (Å²) in [5.41, 5.74) is 1.61. The zero-order valence-corrected chi connectivity index (χ0v) is 16.6. The number of carbonyl (C=O) groups excluding carboxylic acids is 3. The predicted octanol–water partition coefficient (Wildman–Crippen LogP) is 1.83. The Kier molecular flexibility index (Phi) is 5.17. The van der Waals surface area contributed by atoms with E-state index in [1.54, 1.807) is 36.3 Å². The Morgan fingerprint density at radius 2 is 1.90 bits per heavy atom. The number of methoxy groups -OCH3 is 1. The summed E-state index contributed by atoms with van der Waals surface area (Å²) >= 11 is 0. The summed E-state index contributed by atoms with van der Waals surface area (Å²) in [7, 11) is 1.57. The molecule has 8 nitrogen and oxygen atoms in total. The van der Waals surface area contributed by atoms with Crippen LogP contribution in [-0.4, -0.2) is 61.1 Å². The van der Waals surface area contributed by atoms with Crippen LogP contribution in [0.1, 0.15) is 31.4 Å². The van der Waals surface area contributed by atoms with Crippen LogP contribution >= 0.6 is 0 Å². The second-order valence-corrected chi connectivity index (χ2v) is 7.74. The van der Waals surface area contributed by atoms with E-state index in [1.165, 1.54) is 4.90 Å². The van der Waals surface area contributed by atoms with E-state index >= 15 is 0 Å². The van der Waals surface area contributed by atoms with E-state index < -0.39 is 18.0 Å². The number of hydrogen-bond acceptors (Lipinski definition) is 5. The zero-order valence-electron chi connectivity index (χ0n) is 16.6. The van der Waals surface area contributed by atoms with Crippen LogP contribution in [0.2, 0.25) is 0 Å². The van der Waals surface area contributed by atoms with E-state index in [4.69, 9.17) is 9.47 Å². The highest BCUT2D eigenvalue weighted by Gasteiger charge is 2.43. The molecule has 1 N–H and O–H groups in total. The van der Waals surface area contributed by atoms with Crippen molar-refractivity contribution >= 4 is 17.9 Å². The molecule has 0 aliphatic carbocycles. The minimum atomic E-state index is -0.611. The van der Waals surface area contributed by atoms with Gasteiger partial charge in [-0.2, -0.15) is 0 Å². The van der Waals surface area contributed by atoms with Crippen molar-refractivity contribution in [1.82, 2.24) is 15.1 Å². The summed E-state index contributed by atoms with van der Waals surface area (Å²) < 4.78 is 10.4. The molecule has 4 rings (SSSR count). The summed E-state index contributed by atoms with van der Waals surface area (Å²) in [5.74, 6) is 0.714. The van der Waals surface area contributed by atoms with Gasteiger partial charge in [-0.05, 0) is 36.5 Å². The van der Waals surface area contributed by atoms with Crippen LogP contribution < -0.4 is 10.1 Å². The van der Waals surface area contributed by atoms with Gasteiger partial charge in [0.25, 0.3) is 0 Å². The van der Waals surface area contributed by atoms with Crippen molar-refractivity contribution in [3.63, 3.8) is 0 Å². The molecule has 1 atom stereocenters. The Balaban J connectivity index is 1.57. The molecule has 0 unspecified atom stereocenters. The molecule has 1 saturated heterocycles. The van der Waals surface area contributed by atoms with Gasteiger partial charge in [0.15, 0.2) is 0 Å². The van der Waals surface area contributed by atoms with Crippen molar-refractivity contribution in [1.29, 1.82) is 0 Å². The second kappa shape index (κ2) is 7.77. The van der Waals surface area contributed by atoms with Gasteiger partial charge < -0.3 is 19.7 Å². The van der Waals surface area contributed by atoms with Gasteiger partial charge in [0.1, 0.15) is 18.9 Å². The Morgan fingerprint density at radius 3 is 2.55 bits per heavy atom. The lowest BCUT2D eigenvalue weighted by molar-refractivity contribution is -0.136. The van der Waals surface area contributed by atoms with Crippen molar-refractivity contribution in [2.75, 3.05) is 33.4 Å². The summed E-state index contributed by atoms with van der Waals surface area (Å²) in [6.45, 7) is 3.48. The number of carbonyl (C=O) groups is 3. The van der Waals surface area contributed by atoms with E-state index in [1.807, 2.05) is 0 Å². The van der Waals surface area contributed by atoms with E-state index in [-0.39, 0.29) is 19.1 Å². The number of piperidine rings is 1. The number of ether oxygens (including phenoxy) is 2. The lowest BCUT2D eigenvalue weighted by atomic mass is 9.95. The number of hydrogen-bond donors (Lipinski definition) is 1.